The van der Waals surface area contributed by atoms with Crippen molar-refractivity contribution in [3.63, 3.8) is 0 Å². The molecule has 0 aromatic rings. The second kappa shape index (κ2) is 6.65. The van der Waals surface area contributed by atoms with E-state index in [-0.39, 0.29) is 11.8 Å². The van der Waals surface area contributed by atoms with Crippen molar-refractivity contribution in [2.45, 2.75) is 39.0 Å². The van der Waals surface area contributed by atoms with Gasteiger partial charge in [-0.05, 0) is 26.8 Å². The van der Waals surface area contributed by atoms with Crippen LogP contribution in [0.3, 0.4) is 0 Å². The molecule has 0 radical (unpaired) electrons. The lowest BCUT2D eigenvalue weighted by molar-refractivity contribution is -0.124. The van der Waals surface area contributed by atoms with Gasteiger partial charge in [-0.15, -0.1) is 0 Å². The fraction of sp³-hybridized carbons (Fsp3) is 0.846. The van der Waals surface area contributed by atoms with Gasteiger partial charge in [-0.3, -0.25) is 9.69 Å². The van der Waals surface area contributed by atoms with E-state index in [1.807, 2.05) is 18.9 Å². The number of carbonyl (C=O) groups excluding carboxylic acids is 1. The van der Waals surface area contributed by atoms with Crippen molar-refractivity contribution < 1.29 is 4.79 Å². The molecule has 1 saturated carbocycles. The van der Waals surface area contributed by atoms with Gasteiger partial charge in [0.25, 0.3) is 0 Å². The number of Topliss-reactive ketones (excluding diaryl/α,β-unsaturated/α-hetero) is 1. The molecule has 0 spiro atoms. The van der Waals surface area contributed by atoms with Gasteiger partial charge in [-0.1, -0.05) is 19.3 Å². The highest BCUT2D eigenvalue weighted by molar-refractivity contribution is 5.83. The molecule has 16 heavy (non-hydrogen) atoms. The summed E-state index contributed by atoms with van der Waals surface area (Å²) in [6, 6.07) is 2.20. The second-order valence-corrected chi connectivity index (χ2v) is 5.03. The highest BCUT2D eigenvalue weighted by Gasteiger charge is 2.22. The summed E-state index contributed by atoms with van der Waals surface area (Å²) in [5.74, 6) is 0.657. The Bertz CT molecular complexity index is 264. The number of carbonyl (C=O) groups is 1. The van der Waals surface area contributed by atoms with Crippen LogP contribution in [0.25, 0.3) is 0 Å². The minimum absolute atomic E-state index is 0.00385. The summed E-state index contributed by atoms with van der Waals surface area (Å²) in [5, 5.41) is 8.70. The van der Waals surface area contributed by atoms with Crippen molar-refractivity contribution in [3.8, 4) is 6.07 Å². The predicted octanol–water partition coefficient (Wildman–Crippen LogP) is 2.23. The Hall–Kier alpha value is -0.880. The molecule has 1 rings (SSSR count). The van der Waals surface area contributed by atoms with E-state index in [0.29, 0.717) is 18.9 Å². The van der Waals surface area contributed by atoms with E-state index in [0.717, 1.165) is 12.8 Å². The number of rotatable bonds is 5. The predicted molar refractivity (Wildman–Crippen MR) is 63.9 cm³/mol. The minimum Gasteiger partial charge on any atom is -0.298 e. The molecule has 0 N–H and O–H groups in total. The molecule has 90 valence electrons. The van der Waals surface area contributed by atoms with E-state index in [2.05, 4.69) is 6.07 Å². The smallest absolute Gasteiger partial charge is 0.149 e. The lowest BCUT2D eigenvalue weighted by Crippen LogP contribution is -2.33. The molecular formula is C13H22N2O. The van der Waals surface area contributed by atoms with Crippen LogP contribution in [0, 0.1) is 23.2 Å². The van der Waals surface area contributed by atoms with Gasteiger partial charge in [0.15, 0.2) is 0 Å². The average Bonchev–Trinajstić information content (AvgIpc) is 2.29. The molecule has 3 heteroatoms. The van der Waals surface area contributed by atoms with Crippen LogP contribution in [0.1, 0.15) is 39.0 Å². The average molecular weight is 222 g/mol. The van der Waals surface area contributed by atoms with Gasteiger partial charge in [0.05, 0.1) is 18.5 Å². The number of likely N-dealkylation sites (N-methyl/N-ethyl adjacent to an activating group) is 1. The van der Waals surface area contributed by atoms with Gasteiger partial charge < -0.3 is 0 Å². The number of nitrogens with zero attached hydrogens (tertiary/aromatic N) is 2. The summed E-state index contributed by atoms with van der Waals surface area (Å²) in [6.07, 6.45) is 5.83. The topological polar surface area (TPSA) is 44.1 Å². The van der Waals surface area contributed by atoms with Crippen LogP contribution in [-0.4, -0.2) is 30.8 Å². The molecule has 0 aromatic heterocycles. The van der Waals surface area contributed by atoms with E-state index < -0.39 is 0 Å². The number of ketones is 1. The Balaban J connectivity index is 2.30. The molecule has 0 aliphatic heterocycles. The highest BCUT2D eigenvalue weighted by Crippen LogP contribution is 2.24. The molecule has 1 unspecified atom stereocenters. The normalized spacial score (nSPS) is 19.4. The summed E-state index contributed by atoms with van der Waals surface area (Å²) >= 11 is 0. The molecule has 0 bridgehead atoms. The van der Waals surface area contributed by atoms with E-state index in [9.17, 15) is 4.79 Å². The first-order valence-electron chi connectivity index (χ1n) is 6.24. The molecule has 0 amide bonds. The van der Waals surface area contributed by atoms with Gasteiger partial charge in [-0.25, -0.2) is 0 Å². The lowest BCUT2D eigenvalue weighted by atomic mass is 9.86. The van der Waals surface area contributed by atoms with Crippen LogP contribution < -0.4 is 0 Å². The standard InChI is InChI=1S/C13H22N2O/c1-11(8-14)9-15(2)10-13(16)12-6-4-3-5-7-12/h11-12H,3-7,9-10H2,1-2H3. The fourth-order valence-corrected chi connectivity index (χ4v) is 2.39. The number of hydrogen-bond acceptors (Lipinski definition) is 3. The quantitative estimate of drug-likeness (QED) is 0.716. The van der Waals surface area contributed by atoms with E-state index >= 15 is 0 Å². The molecular weight excluding hydrogens is 200 g/mol. The summed E-state index contributed by atoms with van der Waals surface area (Å²) < 4.78 is 0. The van der Waals surface area contributed by atoms with Crippen LogP contribution >= 0.6 is 0 Å². The molecule has 0 heterocycles. The van der Waals surface area contributed by atoms with Crippen molar-refractivity contribution in [3.05, 3.63) is 0 Å². The zero-order valence-electron chi connectivity index (χ0n) is 10.4. The van der Waals surface area contributed by atoms with Gasteiger partial charge in [0.1, 0.15) is 5.78 Å². The maximum absolute atomic E-state index is 12.0. The fourth-order valence-electron chi connectivity index (χ4n) is 2.39. The SMILES string of the molecule is CC(C#N)CN(C)CC(=O)C1CCCCC1. The first kappa shape index (κ1) is 13.2. The number of hydrogen-bond donors (Lipinski definition) is 0. The molecule has 1 aliphatic rings. The van der Waals surface area contributed by atoms with Crippen molar-refractivity contribution >= 4 is 5.78 Å². The van der Waals surface area contributed by atoms with Gasteiger partial charge in [-0.2, -0.15) is 5.26 Å². The van der Waals surface area contributed by atoms with E-state index in [1.165, 1.54) is 19.3 Å². The lowest BCUT2D eigenvalue weighted by Gasteiger charge is -2.23. The minimum atomic E-state index is 0.00385. The third-order valence-corrected chi connectivity index (χ3v) is 3.29. The summed E-state index contributed by atoms with van der Waals surface area (Å²) in [5.41, 5.74) is 0. The maximum Gasteiger partial charge on any atom is 0.149 e. The van der Waals surface area contributed by atoms with Crippen molar-refractivity contribution in [1.82, 2.24) is 4.90 Å². The van der Waals surface area contributed by atoms with Crippen LogP contribution in [0.2, 0.25) is 0 Å². The third kappa shape index (κ3) is 4.32. The Kier molecular flexibility index (Phi) is 5.48. The van der Waals surface area contributed by atoms with Gasteiger partial charge in [0.2, 0.25) is 0 Å². The molecule has 3 nitrogen and oxygen atoms in total. The van der Waals surface area contributed by atoms with Gasteiger partial charge in [0, 0.05) is 12.5 Å². The van der Waals surface area contributed by atoms with Crippen LogP contribution in [0.15, 0.2) is 0 Å². The largest absolute Gasteiger partial charge is 0.298 e. The van der Waals surface area contributed by atoms with Crippen LogP contribution in [0.4, 0.5) is 0 Å². The Labute approximate surface area is 98.4 Å². The van der Waals surface area contributed by atoms with Crippen LogP contribution in [-0.2, 0) is 4.79 Å². The Morgan fingerprint density at radius 2 is 2.06 bits per heavy atom. The Morgan fingerprint density at radius 3 is 2.62 bits per heavy atom. The molecule has 1 aliphatic carbocycles. The van der Waals surface area contributed by atoms with Crippen molar-refractivity contribution in [1.29, 1.82) is 5.26 Å². The molecule has 0 aromatic carbocycles. The molecule has 1 fully saturated rings. The summed E-state index contributed by atoms with van der Waals surface area (Å²) in [7, 11) is 1.93. The van der Waals surface area contributed by atoms with Gasteiger partial charge >= 0.3 is 0 Å². The summed E-state index contributed by atoms with van der Waals surface area (Å²) in [4.78, 5) is 13.9. The summed E-state index contributed by atoms with van der Waals surface area (Å²) in [6.45, 7) is 3.09. The second-order valence-electron chi connectivity index (χ2n) is 5.03. The zero-order valence-corrected chi connectivity index (χ0v) is 10.4. The van der Waals surface area contributed by atoms with Crippen LogP contribution in [0.5, 0.6) is 0 Å². The zero-order chi connectivity index (χ0) is 12.0. The highest BCUT2D eigenvalue weighted by atomic mass is 16.1. The first-order valence-corrected chi connectivity index (χ1v) is 6.24. The van der Waals surface area contributed by atoms with E-state index in [1.54, 1.807) is 0 Å². The van der Waals surface area contributed by atoms with E-state index in [4.69, 9.17) is 5.26 Å². The molecule has 1 atom stereocenters. The Morgan fingerprint density at radius 1 is 1.44 bits per heavy atom. The van der Waals surface area contributed by atoms with Crippen molar-refractivity contribution in [2.75, 3.05) is 20.1 Å². The molecule has 0 saturated heterocycles. The number of nitriles is 1. The first-order chi connectivity index (χ1) is 7.63. The monoisotopic (exact) mass is 222 g/mol. The van der Waals surface area contributed by atoms with Crippen molar-refractivity contribution in [2.24, 2.45) is 11.8 Å². The maximum atomic E-state index is 12.0. The third-order valence-electron chi connectivity index (χ3n) is 3.29.